The summed E-state index contributed by atoms with van der Waals surface area (Å²) in [7, 11) is 0. The van der Waals surface area contributed by atoms with Gasteiger partial charge in [0.25, 0.3) is 0 Å². The molecule has 1 aliphatic carbocycles. The summed E-state index contributed by atoms with van der Waals surface area (Å²) in [4.78, 5) is 12.7. The Balaban J connectivity index is 2.22. The Kier molecular flexibility index (Phi) is 3.97. The highest BCUT2D eigenvalue weighted by molar-refractivity contribution is 9.10. The van der Waals surface area contributed by atoms with Gasteiger partial charge in [0.2, 0.25) is 5.91 Å². The normalized spacial score (nSPS) is 16.6. The Hall–Kier alpha value is -0.940. The fourth-order valence-electron chi connectivity index (χ4n) is 2.38. The summed E-state index contributed by atoms with van der Waals surface area (Å²) >= 11 is 8.57. The number of halogens is 1. The molecular weight excluding hydrogens is 324 g/mol. The number of rotatable bonds is 3. The van der Waals surface area contributed by atoms with Gasteiger partial charge in [-0.2, -0.15) is 0 Å². The van der Waals surface area contributed by atoms with Crippen molar-refractivity contribution in [3.63, 3.8) is 0 Å². The van der Waals surface area contributed by atoms with Crippen molar-refractivity contribution in [2.75, 3.05) is 5.32 Å². The first-order chi connectivity index (χ1) is 8.86. The lowest BCUT2D eigenvalue weighted by Crippen LogP contribution is -2.50. The number of nitrogens with one attached hydrogen (secondary N) is 1. The van der Waals surface area contributed by atoms with Gasteiger partial charge in [-0.25, -0.2) is 0 Å². The molecule has 1 amide bonds. The molecular formula is C14H17BrN2OS. The number of carbonyl (C=O) groups excluding carboxylic acids is 1. The van der Waals surface area contributed by atoms with E-state index in [-0.39, 0.29) is 5.91 Å². The van der Waals surface area contributed by atoms with E-state index >= 15 is 0 Å². The van der Waals surface area contributed by atoms with Gasteiger partial charge < -0.3 is 11.1 Å². The van der Waals surface area contributed by atoms with Crippen molar-refractivity contribution in [3.05, 3.63) is 27.7 Å². The Morgan fingerprint density at radius 1 is 1.37 bits per heavy atom. The van der Waals surface area contributed by atoms with Crippen LogP contribution in [0.2, 0.25) is 0 Å². The lowest BCUT2D eigenvalue weighted by molar-refractivity contribution is -0.125. The molecule has 0 aliphatic heterocycles. The number of nitrogens with two attached hydrogens (primary N) is 1. The van der Waals surface area contributed by atoms with E-state index in [0.717, 1.165) is 40.5 Å². The molecule has 3 nitrogen and oxygen atoms in total. The van der Waals surface area contributed by atoms with Gasteiger partial charge in [0.1, 0.15) is 0 Å². The molecule has 2 rings (SSSR count). The molecule has 3 N–H and O–H groups in total. The van der Waals surface area contributed by atoms with Gasteiger partial charge in [-0.15, -0.1) is 0 Å². The van der Waals surface area contributed by atoms with E-state index in [9.17, 15) is 4.79 Å². The minimum absolute atomic E-state index is 0.0765. The molecule has 0 bridgehead atoms. The summed E-state index contributed by atoms with van der Waals surface area (Å²) in [6, 6.07) is 3.89. The second kappa shape index (κ2) is 5.21. The summed E-state index contributed by atoms with van der Waals surface area (Å²) in [6.45, 7) is 4.00. The van der Waals surface area contributed by atoms with E-state index in [4.69, 9.17) is 18.0 Å². The van der Waals surface area contributed by atoms with Gasteiger partial charge in [-0.1, -0.05) is 34.6 Å². The molecule has 1 saturated carbocycles. The Labute approximate surface area is 127 Å². The number of amides is 1. The second-order valence-electron chi connectivity index (χ2n) is 5.18. The molecule has 0 spiro atoms. The zero-order valence-electron chi connectivity index (χ0n) is 11.0. The number of carbonyl (C=O) groups is 1. The van der Waals surface area contributed by atoms with E-state index in [0.29, 0.717) is 4.99 Å². The molecule has 0 heterocycles. The zero-order chi connectivity index (χ0) is 14.2. The van der Waals surface area contributed by atoms with E-state index in [1.54, 1.807) is 0 Å². The van der Waals surface area contributed by atoms with Crippen molar-refractivity contribution in [1.29, 1.82) is 0 Å². The summed E-state index contributed by atoms with van der Waals surface area (Å²) < 4.78 is 1.07. The third kappa shape index (κ3) is 2.54. The van der Waals surface area contributed by atoms with Crippen LogP contribution in [0.25, 0.3) is 0 Å². The third-order valence-electron chi connectivity index (χ3n) is 3.81. The predicted octanol–water partition coefficient (Wildman–Crippen LogP) is 3.46. The number of thiocarbonyl (C=S) groups is 1. The van der Waals surface area contributed by atoms with Gasteiger partial charge in [0.15, 0.2) is 0 Å². The summed E-state index contributed by atoms with van der Waals surface area (Å²) in [6.07, 6.45) is 2.51. The largest absolute Gasteiger partial charge is 0.392 e. The van der Waals surface area contributed by atoms with Gasteiger partial charge in [0, 0.05) is 10.2 Å². The van der Waals surface area contributed by atoms with Gasteiger partial charge >= 0.3 is 0 Å². The lowest BCUT2D eigenvalue weighted by Gasteiger charge is -2.39. The summed E-state index contributed by atoms with van der Waals surface area (Å²) in [5.74, 6) is -0.0765. The highest BCUT2D eigenvalue weighted by atomic mass is 79.9. The quantitative estimate of drug-likeness (QED) is 0.828. The van der Waals surface area contributed by atoms with Crippen molar-refractivity contribution in [2.24, 2.45) is 11.1 Å². The topological polar surface area (TPSA) is 55.1 Å². The third-order valence-corrected chi connectivity index (χ3v) is 5.45. The van der Waals surface area contributed by atoms with Crippen molar-refractivity contribution in [1.82, 2.24) is 0 Å². The van der Waals surface area contributed by atoms with Crippen molar-refractivity contribution in [3.8, 4) is 0 Å². The highest BCUT2D eigenvalue weighted by Gasteiger charge is 2.46. The van der Waals surface area contributed by atoms with E-state index in [2.05, 4.69) is 21.2 Å². The molecule has 0 atom stereocenters. The molecule has 0 saturated heterocycles. The van der Waals surface area contributed by atoms with Crippen molar-refractivity contribution >= 4 is 44.7 Å². The van der Waals surface area contributed by atoms with Crippen LogP contribution in [0.1, 0.15) is 30.4 Å². The van der Waals surface area contributed by atoms with Crippen molar-refractivity contribution in [2.45, 2.75) is 33.1 Å². The lowest BCUT2D eigenvalue weighted by atomic mass is 9.68. The average molecular weight is 341 g/mol. The minimum Gasteiger partial charge on any atom is -0.392 e. The first kappa shape index (κ1) is 14.5. The van der Waals surface area contributed by atoms with Gasteiger partial charge in [-0.3, -0.25) is 4.79 Å². The second-order valence-corrected chi connectivity index (χ2v) is 6.41. The highest BCUT2D eigenvalue weighted by Crippen LogP contribution is 2.42. The standard InChI is InChI=1S/C14H17BrN2OS/c1-8-6-10(7-9(2)11(8)15)17-13(18)14(12(16)19)4-3-5-14/h6-7H,3-5H2,1-2H3,(H2,16,19)(H,17,18). The Morgan fingerprint density at radius 2 is 1.89 bits per heavy atom. The molecule has 1 aromatic carbocycles. The molecule has 1 aliphatic rings. The van der Waals surface area contributed by atoms with E-state index in [1.807, 2.05) is 26.0 Å². The number of aryl methyl sites for hydroxylation is 2. The summed E-state index contributed by atoms with van der Waals surface area (Å²) in [5, 5.41) is 2.95. The molecule has 0 unspecified atom stereocenters. The zero-order valence-corrected chi connectivity index (χ0v) is 13.5. The Morgan fingerprint density at radius 3 is 2.26 bits per heavy atom. The van der Waals surface area contributed by atoms with Crippen molar-refractivity contribution < 1.29 is 4.79 Å². The molecule has 19 heavy (non-hydrogen) atoms. The van der Waals surface area contributed by atoms with Crippen LogP contribution in [-0.2, 0) is 4.79 Å². The van der Waals surface area contributed by atoms with Crippen LogP contribution in [0.5, 0.6) is 0 Å². The smallest absolute Gasteiger partial charge is 0.237 e. The van der Waals surface area contributed by atoms with Crippen LogP contribution in [0.4, 0.5) is 5.69 Å². The van der Waals surface area contributed by atoms with Crippen LogP contribution in [0, 0.1) is 19.3 Å². The number of hydrogen-bond acceptors (Lipinski definition) is 2. The SMILES string of the molecule is Cc1cc(NC(=O)C2(C(N)=S)CCC2)cc(C)c1Br. The molecule has 0 aromatic heterocycles. The van der Waals surface area contributed by atoms with Crippen LogP contribution in [-0.4, -0.2) is 10.9 Å². The van der Waals surface area contributed by atoms with Crippen LogP contribution >= 0.6 is 28.1 Å². The Bertz CT molecular complexity index is 529. The number of hydrogen-bond donors (Lipinski definition) is 2. The number of anilines is 1. The maximum absolute atomic E-state index is 12.4. The fourth-order valence-corrected chi connectivity index (χ4v) is 2.91. The van der Waals surface area contributed by atoms with Crippen LogP contribution < -0.4 is 11.1 Å². The van der Waals surface area contributed by atoms with Crippen LogP contribution in [0.15, 0.2) is 16.6 Å². The first-order valence-corrected chi connectivity index (χ1v) is 7.45. The monoisotopic (exact) mass is 340 g/mol. The fraction of sp³-hybridized carbons (Fsp3) is 0.429. The van der Waals surface area contributed by atoms with E-state index in [1.165, 1.54) is 0 Å². The molecule has 5 heteroatoms. The molecule has 0 radical (unpaired) electrons. The maximum Gasteiger partial charge on any atom is 0.237 e. The van der Waals surface area contributed by atoms with Gasteiger partial charge in [0.05, 0.1) is 10.4 Å². The molecule has 102 valence electrons. The van der Waals surface area contributed by atoms with Crippen LogP contribution in [0.3, 0.4) is 0 Å². The molecule has 1 aromatic rings. The summed E-state index contributed by atoms with van der Waals surface area (Å²) in [5.41, 5.74) is 8.08. The minimum atomic E-state index is -0.635. The maximum atomic E-state index is 12.4. The van der Waals surface area contributed by atoms with E-state index < -0.39 is 5.41 Å². The average Bonchev–Trinajstić information content (AvgIpc) is 2.23. The predicted molar refractivity (Wildman–Crippen MR) is 85.3 cm³/mol. The number of benzene rings is 1. The first-order valence-electron chi connectivity index (χ1n) is 6.25. The van der Waals surface area contributed by atoms with Gasteiger partial charge in [-0.05, 0) is 49.9 Å². The molecule has 1 fully saturated rings.